The Kier molecular flexibility index (Phi) is 7.69. The Morgan fingerprint density at radius 2 is 2.00 bits per heavy atom. The molecular weight excluding hydrogens is 365 g/mol. The first kappa shape index (κ1) is 19.2. The molecule has 132 valence electrons. The number of aromatic nitrogens is 1. The highest BCUT2D eigenvalue weighted by Gasteiger charge is 2.09. The van der Waals surface area contributed by atoms with E-state index >= 15 is 0 Å². The number of pyridine rings is 1. The number of amides is 2. The third-order valence-corrected chi connectivity index (χ3v) is 4.39. The Morgan fingerprint density at radius 3 is 2.76 bits per heavy atom. The number of carbonyl (C=O) groups is 2. The Morgan fingerprint density at radius 1 is 1.20 bits per heavy atom. The van der Waals surface area contributed by atoms with Gasteiger partial charge in [0.1, 0.15) is 11.5 Å². The van der Waals surface area contributed by atoms with Crippen LogP contribution in [0.25, 0.3) is 0 Å². The summed E-state index contributed by atoms with van der Waals surface area (Å²) in [6, 6.07) is 9.59. The van der Waals surface area contributed by atoms with E-state index in [4.69, 9.17) is 11.6 Å². The van der Waals surface area contributed by atoms with Crippen LogP contribution in [0.4, 0.5) is 4.39 Å². The van der Waals surface area contributed by atoms with Crippen LogP contribution in [0, 0.1) is 5.82 Å². The molecule has 0 spiro atoms. The minimum Gasteiger partial charge on any atom is -0.354 e. The van der Waals surface area contributed by atoms with Crippen molar-refractivity contribution in [2.24, 2.45) is 0 Å². The molecule has 25 heavy (non-hydrogen) atoms. The molecule has 8 heteroatoms. The van der Waals surface area contributed by atoms with Gasteiger partial charge >= 0.3 is 0 Å². The number of thioether (sulfide) groups is 1. The lowest BCUT2D eigenvalue weighted by atomic mass is 10.2. The number of halogens is 2. The molecule has 1 aromatic carbocycles. The van der Waals surface area contributed by atoms with Crippen molar-refractivity contribution in [3.63, 3.8) is 0 Å². The minimum atomic E-state index is -0.466. The van der Waals surface area contributed by atoms with E-state index in [2.05, 4.69) is 15.6 Å². The second-order valence-electron chi connectivity index (χ2n) is 5.04. The zero-order valence-corrected chi connectivity index (χ0v) is 14.9. The van der Waals surface area contributed by atoms with Gasteiger partial charge < -0.3 is 10.6 Å². The van der Waals surface area contributed by atoms with Crippen molar-refractivity contribution in [3.8, 4) is 0 Å². The molecule has 2 aromatic rings. The van der Waals surface area contributed by atoms with Crippen molar-refractivity contribution >= 4 is 35.2 Å². The lowest BCUT2D eigenvalue weighted by molar-refractivity contribution is -0.120. The predicted octanol–water partition coefficient (Wildman–Crippen LogP) is 2.65. The fraction of sp³-hybridized carbons (Fsp3) is 0.235. The van der Waals surface area contributed by atoms with Crippen molar-refractivity contribution in [1.82, 2.24) is 15.6 Å². The molecule has 0 aliphatic rings. The summed E-state index contributed by atoms with van der Waals surface area (Å²) in [6.07, 6.45) is 1.42. The van der Waals surface area contributed by atoms with Crippen LogP contribution in [0.15, 0.2) is 42.6 Å². The van der Waals surface area contributed by atoms with Gasteiger partial charge in [0, 0.05) is 29.3 Å². The van der Waals surface area contributed by atoms with Gasteiger partial charge in [0.15, 0.2) is 0 Å². The van der Waals surface area contributed by atoms with Crippen LogP contribution in [-0.2, 0) is 10.5 Å². The van der Waals surface area contributed by atoms with Crippen LogP contribution in [0.5, 0.6) is 0 Å². The molecule has 0 radical (unpaired) electrons. The van der Waals surface area contributed by atoms with Gasteiger partial charge in [-0.1, -0.05) is 29.8 Å². The summed E-state index contributed by atoms with van der Waals surface area (Å²) in [5.74, 6) is 0.189. The van der Waals surface area contributed by atoms with Crippen molar-refractivity contribution in [2.75, 3.05) is 18.8 Å². The van der Waals surface area contributed by atoms with Crippen LogP contribution in [0.2, 0.25) is 5.02 Å². The largest absolute Gasteiger partial charge is 0.354 e. The van der Waals surface area contributed by atoms with Crippen LogP contribution >= 0.6 is 23.4 Å². The smallest absolute Gasteiger partial charge is 0.270 e. The molecule has 0 saturated heterocycles. The summed E-state index contributed by atoms with van der Waals surface area (Å²) in [4.78, 5) is 27.4. The van der Waals surface area contributed by atoms with Gasteiger partial charge in [-0.3, -0.25) is 14.6 Å². The predicted molar refractivity (Wildman–Crippen MR) is 97.2 cm³/mol. The summed E-state index contributed by atoms with van der Waals surface area (Å²) in [7, 11) is 0. The molecule has 0 saturated carbocycles. The van der Waals surface area contributed by atoms with E-state index < -0.39 is 5.91 Å². The van der Waals surface area contributed by atoms with Crippen molar-refractivity contribution < 1.29 is 14.0 Å². The number of hydrogen-bond donors (Lipinski definition) is 2. The number of nitrogens with zero attached hydrogens (tertiary/aromatic N) is 1. The van der Waals surface area contributed by atoms with Crippen LogP contribution in [-0.4, -0.2) is 35.6 Å². The van der Waals surface area contributed by atoms with Crippen molar-refractivity contribution in [1.29, 1.82) is 0 Å². The van der Waals surface area contributed by atoms with Gasteiger partial charge in [-0.2, -0.15) is 11.8 Å². The topological polar surface area (TPSA) is 71.1 Å². The van der Waals surface area contributed by atoms with Gasteiger partial charge in [0.25, 0.3) is 5.91 Å². The third-order valence-electron chi connectivity index (χ3n) is 3.15. The maximum absolute atomic E-state index is 13.4. The van der Waals surface area contributed by atoms with Crippen LogP contribution in [0.1, 0.15) is 16.1 Å². The van der Waals surface area contributed by atoms with Gasteiger partial charge in [-0.25, -0.2) is 4.39 Å². The quantitative estimate of drug-likeness (QED) is 0.690. The number of rotatable bonds is 8. The monoisotopic (exact) mass is 381 g/mol. The summed E-state index contributed by atoms with van der Waals surface area (Å²) in [5, 5.41) is 5.56. The van der Waals surface area contributed by atoms with Gasteiger partial charge in [0.2, 0.25) is 5.91 Å². The van der Waals surface area contributed by atoms with Crippen molar-refractivity contribution in [3.05, 3.63) is 64.7 Å². The SMILES string of the molecule is O=C(CNC(=O)c1cc(Cl)ccn1)NCCSCc1ccccc1F. The molecule has 0 unspecified atom stereocenters. The lowest BCUT2D eigenvalue weighted by Crippen LogP contribution is -2.38. The number of hydrogen-bond acceptors (Lipinski definition) is 4. The second-order valence-corrected chi connectivity index (χ2v) is 6.58. The average molecular weight is 382 g/mol. The van der Waals surface area contributed by atoms with E-state index in [-0.39, 0.29) is 24.0 Å². The van der Waals surface area contributed by atoms with Crippen LogP contribution in [0.3, 0.4) is 0 Å². The molecule has 0 aliphatic heterocycles. The summed E-state index contributed by atoms with van der Waals surface area (Å²) in [5.41, 5.74) is 0.792. The van der Waals surface area contributed by atoms with Crippen molar-refractivity contribution in [2.45, 2.75) is 5.75 Å². The number of carbonyl (C=O) groups excluding carboxylic acids is 2. The first-order valence-corrected chi connectivity index (χ1v) is 9.07. The zero-order valence-electron chi connectivity index (χ0n) is 13.3. The second kappa shape index (κ2) is 10.0. The zero-order chi connectivity index (χ0) is 18.1. The fourth-order valence-electron chi connectivity index (χ4n) is 1.90. The van der Waals surface area contributed by atoms with E-state index in [1.807, 2.05) is 0 Å². The van der Waals surface area contributed by atoms with Crippen LogP contribution < -0.4 is 10.6 Å². The van der Waals surface area contributed by atoms with E-state index in [1.54, 1.807) is 24.3 Å². The molecule has 2 rings (SSSR count). The van der Waals surface area contributed by atoms with E-state index in [1.165, 1.54) is 30.1 Å². The Hall–Kier alpha value is -2.12. The highest BCUT2D eigenvalue weighted by atomic mass is 35.5. The summed E-state index contributed by atoms with van der Waals surface area (Å²) < 4.78 is 13.4. The maximum atomic E-state index is 13.4. The molecule has 5 nitrogen and oxygen atoms in total. The minimum absolute atomic E-state index is 0.148. The molecule has 1 aromatic heterocycles. The number of benzene rings is 1. The third kappa shape index (κ3) is 6.72. The van der Waals surface area contributed by atoms with Gasteiger partial charge in [0.05, 0.1) is 6.54 Å². The van der Waals surface area contributed by atoms with Gasteiger partial charge in [-0.15, -0.1) is 0 Å². The lowest BCUT2D eigenvalue weighted by Gasteiger charge is -2.07. The first-order valence-electron chi connectivity index (χ1n) is 7.54. The highest BCUT2D eigenvalue weighted by Crippen LogP contribution is 2.14. The maximum Gasteiger partial charge on any atom is 0.270 e. The molecule has 1 heterocycles. The molecule has 2 N–H and O–H groups in total. The standard InChI is InChI=1S/C17H17ClFN3O2S/c18-13-5-6-20-15(9-13)17(24)22-10-16(23)21-7-8-25-11-12-3-1-2-4-14(12)19/h1-6,9H,7-8,10-11H2,(H,21,23)(H,22,24). The number of nitrogens with one attached hydrogen (secondary N) is 2. The summed E-state index contributed by atoms with van der Waals surface area (Å²) >= 11 is 7.30. The average Bonchev–Trinajstić information content (AvgIpc) is 2.61. The van der Waals surface area contributed by atoms with Gasteiger partial charge in [-0.05, 0) is 23.8 Å². The van der Waals surface area contributed by atoms with E-state index in [9.17, 15) is 14.0 Å². The Bertz CT molecular complexity index is 745. The molecule has 0 aliphatic carbocycles. The first-order chi connectivity index (χ1) is 12.1. The highest BCUT2D eigenvalue weighted by molar-refractivity contribution is 7.98. The fourth-order valence-corrected chi connectivity index (χ4v) is 2.91. The normalized spacial score (nSPS) is 10.3. The molecular formula is C17H17ClFN3O2S. The Labute approximate surface area is 154 Å². The van der Waals surface area contributed by atoms with E-state index in [0.29, 0.717) is 28.6 Å². The molecule has 0 fully saturated rings. The molecule has 2 amide bonds. The molecule has 0 bridgehead atoms. The molecule has 0 atom stereocenters. The summed E-state index contributed by atoms with van der Waals surface area (Å²) in [6.45, 7) is 0.286. The van der Waals surface area contributed by atoms with E-state index in [0.717, 1.165) is 0 Å². The Balaban J connectivity index is 1.61.